The number of carbonyl (C=O) groups is 2. The third kappa shape index (κ3) is 3.17. The number of benzene rings is 1. The Morgan fingerprint density at radius 3 is 3.00 bits per heavy atom. The molecule has 8 nitrogen and oxygen atoms in total. The number of amides is 2. The minimum atomic E-state index is -0.208. The summed E-state index contributed by atoms with van der Waals surface area (Å²) in [6.45, 7) is 1.13. The molecular weight excluding hydrogens is 336 g/mol. The van der Waals surface area contributed by atoms with Gasteiger partial charge in [0.1, 0.15) is 5.75 Å². The van der Waals surface area contributed by atoms with E-state index >= 15 is 0 Å². The van der Waals surface area contributed by atoms with Crippen molar-refractivity contribution in [2.45, 2.75) is 18.8 Å². The summed E-state index contributed by atoms with van der Waals surface area (Å²) in [5.74, 6) is 0.243. The molecule has 0 aliphatic carbocycles. The Bertz CT molecular complexity index is 923. The number of ether oxygens (including phenoxy) is 1. The molecule has 0 radical (unpaired) electrons. The number of likely N-dealkylation sites (tertiary alicyclic amines) is 1. The van der Waals surface area contributed by atoms with Crippen molar-refractivity contribution in [2.24, 2.45) is 0 Å². The van der Waals surface area contributed by atoms with Crippen LogP contribution in [0.4, 0.5) is 5.69 Å². The van der Waals surface area contributed by atoms with Gasteiger partial charge >= 0.3 is 0 Å². The Morgan fingerprint density at radius 2 is 2.15 bits per heavy atom. The maximum absolute atomic E-state index is 12.9. The van der Waals surface area contributed by atoms with Crippen molar-refractivity contribution in [3.8, 4) is 5.75 Å². The normalized spacial score (nSPS) is 19.3. The van der Waals surface area contributed by atoms with Gasteiger partial charge in [-0.1, -0.05) is 0 Å². The lowest BCUT2D eigenvalue weighted by Gasteiger charge is -2.32. The van der Waals surface area contributed by atoms with Crippen molar-refractivity contribution < 1.29 is 14.3 Å². The van der Waals surface area contributed by atoms with Crippen molar-refractivity contribution in [2.75, 3.05) is 25.0 Å². The molecule has 1 unspecified atom stereocenters. The molecule has 1 fully saturated rings. The number of anilines is 1. The number of rotatable bonds is 2. The van der Waals surface area contributed by atoms with Gasteiger partial charge in [-0.3, -0.25) is 14.4 Å². The van der Waals surface area contributed by atoms with Crippen molar-refractivity contribution in [3.05, 3.63) is 52.2 Å². The Kier molecular flexibility index (Phi) is 4.16. The quantitative estimate of drug-likeness (QED) is 0.841. The lowest BCUT2D eigenvalue weighted by atomic mass is 9.94. The van der Waals surface area contributed by atoms with Crippen LogP contribution in [-0.4, -0.2) is 46.4 Å². The van der Waals surface area contributed by atoms with E-state index < -0.39 is 0 Å². The van der Waals surface area contributed by atoms with Crippen LogP contribution in [0.1, 0.15) is 34.8 Å². The summed E-state index contributed by atoms with van der Waals surface area (Å²) in [6.07, 6.45) is 3.13. The zero-order valence-corrected chi connectivity index (χ0v) is 14.0. The zero-order chi connectivity index (χ0) is 18.1. The maximum atomic E-state index is 12.9. The second kappa shape index (κ2) is 6.62. The fourth-order valence-electron chi connectivity index (χ4n) is 3.40. The van der Waals surface area contributed by atoms with Gasteiger partial charge in [-0.2, -0.15) is 0 Å². The van der Waals surface area contributed by atoms with E-state index in [1.807, 2.05) is 0 Å². The van der Waals surface area contributed by atoms with Gasteiger partial charge in [0.05, 0.1) is 17.7 Å². The highest BCUT2D eigenvalue weighted by molar-refractivity contribution is 5.99. The number of piperidine rings is 1. The first-order valence-electron chi connectivity index (χ1n) is 8.51. The van der Waals surface area contributed by atoms with Crippen LogP contribution in [0.2, 0.25) is 0 Å². The summed E-state index contributed by atoms with van der Waals surface area (Å²) in [4.78, 5) is 44.3. The molecule has 0 spiro atoms. The van der Waals surface area contributed by atoms with Crippen LogP contribution in [0.15, 0.2) is 35.4 Å². The number of H-pyrrole nitrogens is 1. The van der Waals surface area contributed by atoms with E-state index in [0.29, 0.717) is 35.8 Å². The average Bonchev–Trinajstić information content (AvgIpc) is 2.67. The van der Waals surface area contributed by atoms with Gasteiger partial charge < -0.3 is 19.9 Å². The number of aromatic nitrogens is 2. The van der Waals surface area contributed by atoms with Crippen molar-refractivity contribution >= 4 is 17.5 Å². The molecule has 2 aliphatic rings. The van der Waals surface area contributed by atoms with Crippen LogP contribution in [0.5, 0.6) is 5.75 Å². The molecule has 2 aliphatic heterocycles. The Balaban J connectivity index is 1.53. The molecule has 26 heavy (non-hydrogen) atoms. The summed E-state index contributed by atoms with van der Waals surface area (Å²) in [5, 5.41) is 2.71. The summed E-state index contributed by atoms with van der Waals surface area (Å²) in [7, 11) is 0. The Labute approximate surface area is 149 Å². The molecule has 4 rings (SSSR count). The largest absolute Gasteiger partial charge is 0.482 e. The zero-order valence-electron chi connectivity index (χ0n) is 14.0. The topological polar surface area (TPSA) is 104 Å². The fourth-order valence-corrected chi connectivity index (χ4v) is 3.40. The molecule has 1 saturated heterocycles. The van der Waals surface area contributed by atoms with E-state index in [1.54, 1.807) is 23.1 Å². The molecule has 1 aromatic carbocycles. The Morgan fingerprint density at radius 1 is 1.27 bits per heavy atom. The molecule has 0 bridgehead atoms. The van der Waals surface area contributed by atoms with E-state index in [9.17, 15) is 14.4 Å². The van der Waals surface area contributed by atoms with Crippen molar-refractivity contribution in [3.63, 3.8) is 0 Å². The van der Waals surface area contributed by atoms with Crippen molar-refractivity contribution in [1.29, 1.82) is 0 Å². The average molecular weight is 354 g/mol. The summed E-state index contributed by atoms with van der Waals surface area (Å²) < 4.78 is 5.39. The smallest absolute Gasteiger partial charge is 0.262 e. The standard InChI is InChI=1S/C18H18N4O4/c23-16-7-14(19-10-20-16)12-2-1-5-22(8-12)18(25)11-3-4-13-15(6-11)26-9-17(24)21-13/h3-4,6-7,10,12H,1-2,5,8-9H2,(H,21,24)(H,19,20,23). The summed E-state index contributed by atoms with van der Waals surface area (Å²) >= 11 is 0. The molecule has 3 heterocycles. The molecule has 1 aromatic heterocycles. The van der Waals surface area contributed by atoms with E-state index in [2.05, 4.69) is 15.3 Å². The molecule has 8 heteroatoms. The molecule has 1 atom stereocenters. The minimum absolute atomic E-state index is 0.0446. The van der Waals surface area contributed by atoms with Crippen LogP contribution in [0.25, 0.3) is 0 Å². The van der Waals surface area contributed by atoms with Crippen molar-refractivity contribution in [1.82, 2.24) is 14.9 Å². The highest BCUT2D eigenvalue weighted by atomic mass is 16.5. The molecule has 2 N–H and O–H groups in total. The number of aromatic amines is 1. The predicted molar refractivity (Wildman–Crippen MR) is 93.3 cm³/mol. The monoisotopic (exact) mass is 354 g/mol. The number of nitrogens with one attached hydrogen (secondary N) is 2. The van der Waals surface area contributed by atoms with Gasteiger partial charge in [0.15, 0.2) is 6.61 Å². The van der Waals surface area contributed by atoms with E-state index in [1.165, 1.54) is 12.4 Å². The van der Waals surface area contributed by atoms with Gasteiger partial charge in [-0.05, 0) is 31.0 Å². The van der Waals surface area contributed by atoms with Crippen LogP contribution in [-0.2, 0) is 4.79 Å². The third-order valence-corrected chi connectivity index (χ3v) is 4.69. The van der Waals surface area contributed by atoms with Gasteiger partial charge in [-0.25, -0.2) is 4.98 Å². The SMILES string of the molecule is O=C1COc2cc(C(=O)N3CCCC(c4cc(=O)[nH]cn4)C3)ccc2N1. The lowest BCUT2D eigenvalue weighted by molar-refractivity contribution is -0.118. The molecule has 0 saturated carbocycles. The minimum Gasteiger partial charge on any atom is -0.482 e. The van der Waals surface area contributed by atoms with Crippen LogP contribution < -0.4 is 15.6 Å². The number of hydrogen-bond acceptors (Lipinski definition) is 5. The molecule has 2 amide bonds. The first-order chi connectivity index (χ1) is 12.6. The number of hydrogen-bond donors (Lipinski definition) is 2. The van der Waals surface area contributed by atoms with Gasteiger partial charge in [0, 0.05) is 30.6 Å². The van der Waals surface area contributed by atoms with Gasteiger partial charge in [-0.15, -0.1) is 0 Å². The number of nitrogens with zero attached hydrogens (tertiary/aromatic N) is 2. The third-order valence-electron chi connectivity index (χ3n) is 4.69. The van der Waals surface area contributed by atoms with Crippen LogP contribution in [0, 0.1) is 0 Å². The summed E-state index contributed by atoms with van der Waals surface area (Å²) in [5.41, 5.74) is 1.61. The van der Waals surface area contributed by atoms with E-state index in [4.69, 9.17) is 4.74 Å². The van der Waals surface area contributed by atoms with Crippen LogP contribution in [0.3, 0.4) is 0 Å². The first-order valence-corrected chi connectivity index (χ1v) is 8.51. The van der Waals surface area contributed by atoms with Gasteiger partial charge in [0.25, 0.3) is 17.4 Å². The van der Waals surface area contributed by atoms with Crippen LogP contribution >= 0.6 is 0 Å². The maximum Gasteiger partial charge on any atom is 0.262 e. The Hall–Kier alpha value is -3.16. The number of carbonyl (C=O) groups excluding carboxylic acids is 2. The first kappa shape index (κ1) is 16.3. The summed E-state index contributed by atoms with van der Waals surface area (Å²) in [6, 6.07) is 6.52. The number of fused-ring (bicyclic) bond motifs is 1. The van der Waals surface area contributed by atoms with E-state index in [0.717, 1.165) is 12.8 Å². The molecule has 134 valence electrons. The molecular formula is C18H18N4O4. The fraction of sp³-hybridized carbons (Fsp3) is 0.333. The highest BCUT2D eigenvalue weighted by Gasteiger charge is 2.27. The highest BCUT2D eigenvalue weighted by Crippen LogP contribution is 2.30. The predicted octanol–water partition coefficient (Wildman–Crippen LogP) is 1.12. The lowest BCUT2D eigenvalue weighted by Crippen LogP contribution is -2.39. The second-order valence-corrected chi connectivity index (χ2v) is 6.47. The molecule has 2 aromatic rings. The second-order valence-electron chi connectivity index (χ2n) is 6.47. The van der Waals surface area contributed by atoms with Gasteiger partial charge in [0.2, 0.25) is 0 Å². The van der Waals surface area contributed by atoms with E-state index in [-0.39, 0.29) is 29.9 Å².